The minimum Gasteiger partial charge on any atom is -0.462 e. The van der Waals surface area contributed by atoms with Crippen molar-refractivity contribution in [1.82, 2.24) is 4.98 Å². The quantitative estimate of drug-likeness (QED) is 0.786. The molecule has 0 aliphatic rings. The van der Waals surface area contributed by atoms with Gasteiger partial charge in [0.1, 0.15) is 0 Å². The van der Waals surface area contributed by atoms with Crippen molar-refractivity contribution in [3.63, 3.8) is 0 Å². The average Bonchev–Trinajstić information content (AvgIpc) is 3.07. The van der Waals surface area contributed by atoms with Crippen LogP contribution in [0.1, 0.15) is 11.1 Å². The summed E-state index contributed by atoms with van der Waals surface area (Å²) >= 11 is 1.59. The SMILES string of the molecule is Cc1ccoc1-c1nc(-c2cccc(CN)c2)cs1. The van der Waals surface area contributed by atoms with Gasteiger partial charge in [-0.15, -0.1) is 11.3 Å². The summed E-state index contributed by atoms with van der Waals surface area (Å²) in [5, 5.41) is 2.96. The van der Waals surface area contributed by atoms with E-state index in [0.29, 0.717) is 6.54 Å². The maximum Gasteiger partial charge on any atom is 0.165 e. The van der Waals surface area contributed by atoms with Crippen LogP contribution in [0.25, 0.3) is 22.0 Å². The van der Waals surface area contributed by atoms with E-state index in [1.165, 1.54) is 0 Å². The zero-order valence-electron chi connectivity index (χ0n) is 10.6. The molecule has 0 aliphatic heterocycles. The van der Waals surface area contributed by atoms with Crippen molar-refractivity contribution in [2.45, 2.75) is 13.5 Å². The van der Waals surface area contributed by atoms with Crippen LogP contribution in [-0.4, -0.2) is 4.98 Å². The smallest absolute Gasteiger partial charge is 0.165 e. The van der Waals surface area contributed by atoms with E-state index in [4.69, 9.17) is 10.2 Å². The molecule has 1 aromatic carbocycles. The van der Waals surface area contributed by atoms with Gasteiger partial charge in [0.05, 0.1) is 12.0 Å². The minimum absolute atomic E-state index is 0.544. The Morgan fingerprint density at radius 2 is 2.21 bits per heavy atom. The highest BCUT2D eigenvalue weighted by molar-refractivity contribution is 7.13. The lowest BCUT2D eigenvalue weighted by Gasteiger charge is -2.00. The predicted molar refractivity (Wildman–Crippen MR) is 77.9 cm³/mol. The summed E-state index contributed by atoms with van der Waals surface area (Å²) in [4.78, 5) is 4.64. The molecule has 0 spiro atoms. The first-order valence-electron chi connectivity index (χ1n) is 6.07. The number of aromatic nitrogens is 1. The van der Waals surface area contributed by atoms with Crippen molar-refractivity contribution >= 4 is 11.3 Å². The van der Waals surface area contributed by atoms with Crippen LogP contribution in [0.3, 0.4) is 0 Å². The highest BCUT2D eigenvalue weighted by Gasteiger charge is 2.11. The lowest BCUT2D eigenvalue weighted by molar-refractivity contribution is 0.580. The fraction of sp³-hybridized carbons (Fsp3) is 0.133. The molecule has 2 aromatic heterocycles. The predicted octanol–water partition coefficient (Wildman–Crippen LogP) is 3.84. The molecular weight excluding hydrogens is 256 g/mol. The third kappa shape index (κ3) is 2.32. The number of furan rings is 1. The first-order valence-corrected chi connectivity index (χ1v) is 6.95. The van der Waals surface area contributed by atoms with Gasteiger partial charge in [-0.1, -0.05) is 18.2 Å². The molecule has 0 aliphatic carbocycles. The third-order valence-electron chi connectivity index (χ3n) is 3.02. The van der Waals surface area contributed by atoms with Gasteiger partial charge in [-0.05, 0) is 30.2 Å². The molecule has 19 heavy (non-hydrogen) atoms. The number of nitrogens with zero attached hydrogens (tertiary/aromatic N) is 1. The summed E-state index contributed by atoms with van der Waals surface area (Å²) in [6, 6.07) is 10.1. The fourth-order valence-corrected chi connectivity index (χ4v) is 2.84. The molecule has 3 aromatic rings. The van der Waals surface area contributed by atoms with E-state index in [2.05, 4.69) is 11.1 Å². The molecular formula is C15H14N2OS. The van der Waals surface area contributed by atoms with Crippen LogP contribution < -0.4 is 5.73 Å². The summed E-state index contributed by atoms with van der Waals surface area (Å²) in [6.07, 6.45) is 1.70. The van der Waals surface area contributed by atoms with E-state index in [-0.39, 0.29) is 0 Å². The van der Waals surface area contributed by atoms with Gasteiger partial charge in [-0.3, -0.25) is 0 Å². The summed E-state index contributed by atoms with van der Waals surface area (Å²) in [5.74, 6) is 0.853. The summed E-state index contributed by atoms with van der Waals surface area (Å²) in [5.41, 5.74) is 9.94. The Morgan fingerprint density at radius 1 is 1.32 bits per heavy atom. The normalized spacial score (nSPS) is 10.8. The molecule has 2 heterocycles. The molecule has 0 radical (unpaired) electrons. The molecule has 0 bridgehead atoms. The Labute approximate surface area is 115 Å². The second kappa shape index (κ2) is 4.99. The van der Waals surface area contributed by atoms with Crippen molar-refractivity contribution in [3.8, 4) is 22.0 Å². The monoisotopic (exact) mass is 270 g/mol. The Hall–Kier alpha value is -1.91. The van der Waals surface area contributed by atoms with Gasteiger partial charge in [0.15, 0.2) is 10.8 Å². The Kier molecular flexibility index (Phi) is 3.19. The van der Waals surface area contributed by atoms with Crippen molar-refractivity contribution in [2.24, 2.45) is 5.73 Å². The van der Waals surface area contributed by atoms with Gasteiger partial charge >= 0.3 is 0 Å². The molecule has 0 unspecified atom stereocenters. The van der Waals surface area contributed by atoms with Crippen molar-refractivity contribution in [1.29, 1.82) is 0 Å². The second-order valence-corrected chi connectivity index (χ2v) is 5.23. The number of benzene rings is 1. The average molecular weight is 270 g/mol. The highest BCUT2D eigenvalue weighted by atomic mass is 32.1. The summed E-state index contributed by atoms with van der Waals surface area (Å²) in [6.45, 7) is 2.57. The van der Waals surface area contributed by atoms with Crippen molar-refractivity contribution in [2.75, 3.05) is 0 Å². The second-order valence-electron chi connectivity index (χ2n) is 4.38. The van der Waals surface area contributed by atoms with Crippen molar-refractivity contribution in [3.05, 3.63) is 53.1 Å². The number of hydrogen-bond donors (Lipinski definition) is 1. The Morgan fingerprint density at radius 3 is 2.95 bits per heavy atom. The van der Waals surface area contributed by atoms with E-state index in [1.807, 2.05) is 36.6 Å². The van der Waals surface area contributed by atoms with Gasteiger partial charge < -0.3 is 10.2 Å². The van der Waals surface area contributed by atoms with E-state index < -0.39 is 0 Å². The van der Waals surface area contributed by atoms with Crippen LogP contribution in [0, 0.1) is 6.92 Å². The highest BCUT2D eigenvalue weighted by Crippen LogP contribution is 2.31. The molecule has 2 N–H and O–H groups in total. The fourth-order valence-electron chi connectivity index (χ4n) is 1.96. The maximum atomic E-state index is 5.67. The van der Waals surface area contributed by atoms with Crippen LogP contribution in [0.5, 0.6) is 0 Å². The van der Waals surface area contributed by atoms with Crippen LogP contribution in [0.2, 0.25) is 0 Å². The Balaban J connectivity index is 1.99. The lowest BCUT2D eigenvalue weighted by atomic mass is 10.1. The largest absolute Gasteiger partial charge is 0.462 e. The van der Waals surface area contributed by atoms with Gasteiger partial charge in [0, 0.05) is 17.5 Å². The number of thiazole rings is 1. The zero-order valence-corrected chi connectivity index (χ0v) is 11.4. The summed E-state index contributed by atoms with van der Waals surface area (Å²) < 4.78 is 5.47. The first kappa shape index (κ1) is 12.1. The number of aryl methyl sites for hydroxylation is 1. The number of nitrogens with two attached hydrogens (primary N) is 1. The zero-order chi connectivity index (χ0) is 13.2. The van der Waals surface area contributed by atoms with Crippen LogP contribution >= 0.6 is 11.3 Å². The maximum absolute atomic E-state index is 5.67. The standard InChI is InChI=1S/C15H14N2OS/c1-10-5-6-18-14(10)15-17-13(9-19-15)12-4-2-3-11(7-12)8-16/h2-7,9H,8,16H2,1H3. The van der Waals surface area contributed by atoms with Gasteiger partial charge in [0.2, 0.25) is 0 Å². The minimum atomic E-state index is 0.544. The molecule has 0 saturated carbocycles. The van der Waals surface area contributed by atoms with Crippen LogP contribution in [0.15, 0.2) is 46.4 Å². The molecule has 0 amide bonds. The molecule has 4 heteroatoms. The first-order chi connectivity index (χ1) is 9.28. The van der Waals surface area contributed by atoms with Crippen LogP contribution in [-0.2, 0) is 6.54 Å². The Bertz CT molecular complexity index is 700. The van der Waals surface area contributed by atoms with E-state index in [1.54, 1.807) is 17.6 Å². The lowest BCUT2D eigenvalue weighted by Crippen LogP contribution is -1.95. The van der Waals surface area contributed by atoms with E-state index in [9.17, 15) is 0 Å². The van der Waals surface area contributed by atoms with Gasteiger partial charge in [0.25, 0.3) is 0 Å². The molecule has 0 atom stereocenters. The van der Waals surface area contributed by atoms with Gasteiger partial charge in [-0.2, -0.15) is 0 Å². The molecule has 96 valence electrons. The van der Waals surface area contributed by atoms with Crippen molar-refractivity contribution < 1.29 is 4.42 Å². The molecule has 0 fully saturated rings. The van der Waals surface area contributed by atoms with Crippen LogP contribution in [0.4, 0.5) is 0 Å². The molecule has 0 saturated heterocycles. The topological polar surface area (TPSA) is 52.0 Å². The third-order valence-corrected chi connectivity index (χ3v) is 3.86. The number of rotatable bonds is 3. The van der Waals surface area contributed by atoms with E-state index >= 15 is 0 Å². The van der Waals surface area contributed by atoms with E-state index in [0.717, 1.165) is 33.2 Å². The summed E-state index contributed by atoms with van der Waals surface area (Å²) in [7, 11) is 0. The number of hydrogen-bond acceptors (Lipinski definition) is 4. The van der Waals surface area contributed by atoms with Gasteiger partial charge in [-0.25, -0.2) is 4.98 Å². The molecule has 3 rings (SSSR count). The molecule has 3 nitrogen and oxygen atoms in total.